The quantitative estimate of drug-likeness (QED) is 0.575. The summed E-state index contributed by atoms with van der Waals surface area (Å²) < 4.78 is 0. The zero-order valence-electron chi connectivity index (χ0n) is 5.39. The summed E-state index contributed by atoms with van der Waals surface area (Å²) in [6, 6.07) is 0.508. The molecule has 0 aromatic heterocycles. The topological polar surface area (TPSA) is 26.0 Å². The van der Waals surface area contributed by atoms with Gasteiger partial charge < -0.3 is 5.73 Å². The average Bonchev–Trinajstić information content (AvgIpc) is 2.25. The number of halogens is 1. The van der Waals surface area contributed by atoms with Crippen LogP contribution in [0.3, 0.4) is 0 Å². The van der Waals surface area contributed by atoms with Gasteiger partial charge in [0.25, 0.3) is 0 Å². The molecule has 1 nitrogen and oxygen atoms in total. The molecule has 4 atom stereocenters. The first kappa shape index (κ1) is 6.17. The van der Waals surface area contributed by atoms with Crippen LogP contribution in [0.4, 0.5) is 0 Å². The first-order valence-electron chi connectivity index (χ1n) is 3.68. The van der Waals surface area contributed by atoms with Crippen molar-refractivity contribution in [3.63, 3.8) is 0 Å². The molecule has 4 unspecified atom stereocenters. The van der Waals surface area contributed by atoms with Crippen LogP contribution in [0.5, 0.6) is 0 Å². The van der Waals surface area contributed by atoms with Gasteiger partial charge in [0, 0.05) is 10.9 Å². The highest BCUT2D eigenvalue weighted by Gasteiger charge is 2.44. The third kappa shape index (κ3) is 0.761. The first-order valence-corrected chi connectivity index (χ1v) is 4.60. The molecule has 2 N–H and O–H groups in total. The average molecular weight is 190 g/mol. The number of nitrogens with two attached hydrogens (primary N) is 1. The van der Waals surface area contributed by atoms with Gasteiger partial charge in [0.05, 0.1) is 0 Å². The van der Waals surface area contributed by atoms with E-state index in [0.717, 1.165) is 16.7 Å². The predicted octanol–water partition coefficient (Wildman–Crippen LogP) is 1.51. The van der Waals surface area contributed by atoms with Gasteiger partial charge in [-0.3, -0.25) is 0 Å². The van der Waals surface area contributed by atoms with Crippen LogP contribution in [-0.2, 0) is 0 Å². The van der Waals surface area contributed by atoms with E-state index in [2.05, 4.69) is 15.9 Å². The van der Waals surface area contributed by atoms with E-state index in [1.807, 2.05) is 0 Å². The summed E-state index contributed by atoms with van der Waals surface area (Å²) in [6.07, 6.45) is 4.04. The van der Waals surface area contributed by atoms with E-state index in [1.54, 1.807) is 0 Å². The molecule has 0 amide bonds. The molecule has 0 saturated heterocycles. The van der Waals surface area contributed by atoms with Crippen molar-refractivity contribution in [1.82, 2.24) is 0 Å². The number of alkyl halides is 1. The van der Waals surface area contributed by atoms with Crippen LogP contribution in [-0.4, -0.2) is 10.9 Å². The second-order valence-corrected chi connectivity index (χ2v) is 4.40. The van der Waals surface area contributed by atoms with Crippen LogP contribution < -0.4 is 5.73 Å². The van der Waals surface area contributed by atoms with E-state index >= 15 is 0 Å². The molecule has 0 spiro atoms. The Morgan fingerprint density at radius 2 is 2.11 bits per heavy atom. The van der Waals surface area contributed by atoms with E-state index in [1.165, 1.54) is 19.3 Å². The van der Waals surface area contributed by atoms with Crippen molar-refractivity contribution < 1.29 is 0 Å². The number of fused-ring (bicyclic) bond motifs is 2. The monoisotopic (exact) mass is 189 g/mol. The van der Waals surface area contributed by atoms with Gasteiger partial charge in [-0.15, -0.1) is 0 Å². The zero-order chi connectivity index (χ0) is 6.43. The van der Waals surface area contributed by atoms with Crippen LogP contribution in [0.15, 0.2) is 0 Å². The van der Waals surface area contributed by atoms with Crippen LogP contribution in [0, 0.1) is 11.8 Å². The van der Waals surface area contributed by atoms with E-state index in [-0.39, 0.29) is 0 Å². The Labute approximate surface area is 64.1 Å². The van der Waals surface area contributed by atoms with Crippen molar-refractivity contribution in [3.05, 3.63) is 0 Å². The lowest BCUT2D eigenvalue weighted by Gasteiger charge is -2.15. The SMILES string of the molecule is NC1CC2CCC1C2Br. The molecule has 52 valence electrons. The Hall–Kier alpha value is 0.440. The van der Waals surface area contributed by atoms with E-state index in [0.29, 0.717) is 6.04 Å². The fraction of sp³-hybridized carbons (Fsp3) is 1.00. The van der Waals surface area contributed by atoms with Crippen LogP contribution in [0.2, 0.25) is 0 Å². The lowest BCUT2D eigenvalue weighted by molar-refractivity contribution is 0.418. The van der Waals surface area contributed by atoms with Gasteiger partial charge in [-0.05, 0) is 31.1 Å². The normalized spacial score (nSPS) is 56.7. The molecule has 2 saturated carbocycles. The van der Waals surface area contributed by atoms with Gasteiger partial charge in [0.2, 0.25) is 0 Å². The van der Waals surface area contributed by atoms with E-state index in [9.17, 15) is 0 Å². The van der Waals surface area contributed by atoms with Crippen LogP contribution >= 0.6 is 15.9 Å². The predicted molar refractivity (Wildman–Crippen MR) is 41.5 cm³/mol. The molecule has 0 aromatic carbocycles. The fourth-order valence-corrected chi connectivity index (χ4v) is 3.43. The summed E-state index contributed by atoms with van der Waals surface area (Å²) in [5.74, 6) is 1.71. The molecule has 2 bridgehead atoms. The molecule has 0 radical (unpaired) electrons. The molecule has 2 aliphatic rings. The number of hydrogen-bond acceptors (Lipinski definition) is 1. The highest BCUT2D eigenvalue weighted by Crippen LogP contribution is 2.47. The van der Waals surface area contributed by atoms with Gasteiger partial charge in [-0.1, -0.05) is 15.9 Å². The van der Waals surface area contributed by atoms with Gasteiger partial charge in [-0.25, -0.2) is 0 Å². The second kappa shape index (κ2) is 1.96. The summed E-state index contributed by atoms with van der Waals surface area (Å²) in [4.78, 5) is 0.757. The first-order chi connectivity index (χ1) is 4.29. The summed E-state index contributed by atoms with van der Waals surface area (Å²) >= 11 is 3.69. The van der Waals surface area contributed by atoms with Crippen molar-refractivity contribution in [1.29, 1.82) is 0 Å². The summed E-state index contributed by atoms with van der Waals surface area (Å²) in [7, 11) is 0. The van der Waals surface area contributed by atoms with Crippen LogP contribution in [0.25, 0.3) is 0 Å². The molecular weight excluding hydrogens is 178 g/mol. The van der Waals surface area contributed by atoms with Crippen molar-refractivity contribution >= 4 is 15.9 Å². The minimum atomic E-state index is 0.508. The van der Waals surface area contributed by atoms with Crippen molar-refractivity contribution in [3.8, 4) is 0 Å². The molecule has 0 aromatic rings. The number of hydrogen-bond donors (Lipinski definition) is 1. The van der Waals surface area contributed by atoms with Gasteiger partial charge >= 0.3 is 0 Å². The smallest absolute Gasteiger partial charge is 0.0217 e. The fourth-order valence-electron chi connectivity index (χ4n) is 2.30. The Balaban J connectivity index is 2.16. The zero-order valence-corrected chi connectivity index (χ0v) is 6.97. The molecule has 2 heteroatoms. The van der Waals surface area contributed by atoms with Gasteiger partial charge in [0.15, 0.2) is 0 Å². The number of rotatable bonds is 0. The third-order valence-electron chi connectivity index (χ3n) is 2.86. The van der Waals surface area contributed by atoms with Gasteiger partial charge in [-0.2, -0.15) is 0 Å². The van der Waals surface area contributed by atoms with Gasteiger partial charge in [0.1, 0.15) is 0 Å². The van der Waals surface area contributed by atoms with Crippen LogP contribution in [0.1, 0.15) is 19.3 Å². The molecule has 2 rings (SSSR count). The maximum atomic E-state index is 5.88. The molecule has 2 aliphatic carbocycles. The van der Waals surface area contributed by atoms with E-state index in [4.69, 9.17) is 5.73 Å². The third-order valence-corrected chi connectivity index (χ3v) is 4.28. The van der Waals surface area contributed by atoms with Crippen molar-refractivity contribution in [2.75, 3.05) is 0 Å². The highest BCUT2D eigenvalue weighted by atomic mass is 79.9. The maximum absolute atomic E-state index is 5.88. The Bertz CT molecular complexity index is 126. The Morgan fingerprint density at radius 3 is 2.33 bits per heavy atom. The summed E-state index contributed by atoms with van der Waals surface area (Å²) in [5.41, 5.74) is 5.88. The lowest BCUT2D eigenvalue weighted by atomic mass is 9.96. The van der Waals surface area contributed by atoms with E-state index < -0.39 is 0 Å². The largest absolute Gasteiger partial charge is 0.327 e. The standard InChI is InChI=1S/C7H12BrN/c8-7-4-1-2-5(7)6(9)3-4/h4-7H,1-3,9H2. The minimum absolute atomic E-state index is 0.508. The highest BCUT2D eigenvalue weighted by molar-refractivity contribution is 9.09. The lowest BCUT2D eigenvalue weighted by Crippen LogP contribution is -2.27. The summed E-state index contributed by atoms with van der Waals surface area (Å²) in [5, 5.41) is 0. The molecule has 9 heavy (non-hydrogen) atoms. The maximum Gasteiger partial charge on any atom is 0.0217 e. The molecule has 0 heterocycles. The molecule has 2 fully saturated rings. The van der Waals surface area contributed by atoms with Crippen molar-refractivity contribution in [2.45, 2.75) is 30.1 Å². The minimum Gasteiger partial charge on any atom is -0.327 e. The Kier molecular flexibility index (Phi) is 1.34. The Morgan fingerprint density at radius 1 is 1.33 bits per heavy atom. The summed E-state index contributed by atoms with van der Waals surface area (Å²) in [6.45, 7) is 0. The molecular formula is C7H12BrN. The second-order valence-electron chi connectivity index (χ2n) is 3.35. The molecule has 0 aliphatic heterocycles. The van der Waals surface area contributed by atoms with Crippen molar-refractivity contribution in [2.24, 2.45) is 17.6 Å².